The first-order chi connectivity index (χ1) is 8.07. The molecular formula is C11H10N2O4. The molecule has 2 N–H and O–H groups in total. The normalized spacial score (nSPS) is 14.1. The van der Waals surface area contributed by atoms with Crippen molar-refractivity contribution in [1.29, 1.82) is 0 Å². The van der Waals surface area contributed by atoms with Crippen LogP contribution in [-0.2, 0) is 11.3 Å². The third kappa shape index (κ3) is 1.58. The maximum atomic E-state index is 11.7. The number of carboxylic acid groups (broad SMARTS) is 1. The molecule has 2 rings (SSSR count). The van der Waals surface area contributed by atoms with Crippen LogP contribution in [0.15, 0.2) is 18.2 Å². The second-order valence-electron chi connectivity index (χ2n) is 3.59. The Morgan fingerprint density at radius 1 is 1.41 bits per heavy atom. The van der Waals surface area contributed by atoms with Gasteiger partial charge in [-0.25, -0.2) is 9.69 Å². The number of hydrogen-bond donors (Lipinski definition) is 2. The fourth-order valence-corrected chi connectivity index (χ4v) is 1.88. The summed E-state index contributed by atoms with van der Waals surface area (Å²) in [6.45, 7) is 0.398. The molecule has 0 fully saturated rings. The molecule has 6 heteroatoms. The van der Waals surface area contributed by atoms with Crippen LogP contribution in [0.3, 0.4) is 0 Å². The van der Waals surface area contributed by atoms with Gasteiger partial charge in [-0.05, 0) is 18.7 Å². The molecule has 1 heterocycles. The minimum absolute atomic E-state index is 0.139. The van der Waals surface area contributed by atoms with Gasteiger partial charge in [0.05, 0.1) is 11.3 Å². The Hall–Kier alpha value is -2.21. The van der Waals surface area contributed by atoms with Crippen molar-refractivity contribution in [3.8, 4) is 0 Å². The number of Topliss-reactive ketones (excluding diaryl/α,β-unsaturated/α-hetero) is 1. The average molecular weight is 234 g/mol. The lowest BCUT2D eigenvalue weighted by Crippen LogP contribution is -2.34. The number of rotatable bonds is 2. The van der Waals surface area contributed by atoms with Crippen LogP contribution in [0, 0.1) is 0 Å². The summed E-state index contributed by atoms with van der Waals surface area (Å²) in [4.78, 5) is 34.7. The zero-order valence-electron chi connectivity index (χ0n) is 9.06. The second kappa shape index (κ2) is 3.99. The Bertz CT molecular complexity index is 524. The summed E-state index contributed by atoms with van der Waals surface area (Å²) in [5.41, 5.74) is 0.932. The minimum Gasteiger partial charge on any atom is -0.464 e. The van der Waals surface area contributed by atoms with E-state index in [-0.39, 0.29) is 11.3 Å². The van der Waals surface area contributed by atoms with E-state index in [0.29, 0.717) is 17.0 Å². The molecule has 0 atom stereocenters. The molecule has 1 aromatic carbocycles. The van der Waals surface area contributed by atoms with Crippen molar-refractivity contribution < 1.29 is 19.5 Å². The molecule has 0 saturated heterocycles. The second-order valence-corrected chi connectivity index (χ2v) is 3.59. The SMILES string of the molecule is CNCc1cccc2c1C(=O)C(=O)N2C(=O)O. The van der Waals surface area contributed by atoms with Gasteiger partial charge in [-0.1, -0.05) is 12.1 Å². The van der Waals surface area contributed by atoms with E-state index in [1.54, 1.807) is 19.2 Å². The quantitative estimate of drug-likeness (QED) is 0.732. The summed E-state index contributed by atoms with van der Waals surface area (Å²) in [7, 11) is 1.70. The van der Waals surface area contributed by atoms with Crippen molar-refractivity contribution in [2.45, 2.75) is 6.54 Å². The Morgan fingerprint density at radius 3 is 2.71 bits per heavy atom. The first-order valence-electron chi connectivity index (χ1n) is 4.96. The van der Waals surface area contributed by atoms with Gasteiger partial charge in [0.2, 0.25) is 0 Å². The van der Waals surface area contributed by atoms with E-state index >= 15 is 0 Å². The van der Waals surface area contributed by atoms with E-state index in [0.717, 1.165) is 0 Å². The fourth-order valence-electron chi connectivity index (χ4n) is 1.88. The number of imide groups is 1. The van der Waals surface area contributed by atoms with Gasteiger partial charge in [-0.2, -0.15) is 0 Å². The van der Waals surface area contributed by atoms with E-state index in [9.17, 15) is 14.4 Å². The van der Waals surface area contributed by atoms with Gasteiger partial charge in [0.1, 0.15) is 0 Å². The van der Waals surface area contributed by atoms with E-state index in [1.807, 2.05) is 0 Å². The van der Waals surface area contributed by atoms with E-state index < -0.39 is 17.8 Å². The molecular weight excluding hydrogens is 224 g/mol. The highest BCUT2D eigenvalue weighted by Crippen LogP contribution is 2.31. The zero-order valence-corrected chi connectivity index (χ0v) is 9.06. The van der Waals surface area contributed by atoms with Gasteiger partial charge >= 0.3 is 12.0 Å². The molecule has 1 aliphatic heterocycles. The molecule has 1 aliphatic rings. The van der Waals surface area contributed by atoms with Gasteiger partial charge < -0.3 is 10.4 Å². The molecule has 17 heavy (non-hydrogen) atoms. The predicted octanol–water partition coefficient (Wildman–Crippen LogP) is 0.613. The minimum atomic E-state index is -1.44. The number of carbonyl (C=O) groups excluding carboxylic acids is 2. The van der Waals surface area contributed by atoms with Crippen molar-refractivity contribution in [2.24, 2.45) is 0 Å². The highest BCUT2D eigenvalue weighted by atomic mass is 16.4. The Labute approximate surface area is 96.8 Å². The number of anilines is 1. The molecule has 0 aromatic heterocycles. The van der Waals surface area contributed by atoms with Crippen LogP contribution in [-0.4, -0.2) is 29.9 Å². The summed E-state index contributed by atoms with van der Waals surface area (Å²) < 4.78 is 0. The molecule has 1 aromatic rings. The molecule has 0 unspecified atom stereocenters. The van der Waals surface area contributed by atoms with Crippen molar-refractivity contribution >= 4 is 23.5 Å². The van der Waals surface area contributed by atoms with Crippen molar-refractivity contribution in [2.75, 3.05) is 11.9 Å². The number of carbonyl (C=O) groups is 3. The molecule has 0 saturated carbocycles. The summed E-state index contributed by atoms with van der Waals surface area (Å²) in [6, 6.07) is 4.75. The summed E-state index contributed by atoms with van der Waals surface area (Å²) in [6.07, 6.45) is -1.44. The number of hydrogen-bond acceptors (Lipinski definition) is 4. The molecule has 6 nitrogen and oxygen atoms in total. The van der Waals surface area contributed by atoms with Crippen LogP contribution in [0.5, 0.6) is 0 Å². The number of benzene rings is 1. The number of ketones is 1. The Balaban J connectivity index is 2.61. The first-order valence-corrected chi connectivity index (χ1v) is 4.96. The molecule has 88 valence electrons. The van der Waals surface area contributed by atoms with Gasteiger partial charge in [0.25, 0.3) is 5.78 Å². The van der Waals surface area contributed by atoms with Crippen LogP contribution in [0.2, 0.25) is 0 Å². The number of fused-ring (bicyclic) bond motifs is 1. The first kappa shape index (κ1) is 11.3. The van der Waals surface area contributed by atoms with Crippen molar-refractivity contribution in [3.05, 3.63) is 29.3 Å². The number of amides is 2. The standard InChI is InChI=1S/C11H10N2O4/c1-12-5-6-3-2-4-7-8(6)9(14)10(15)13(7)11(16)17/h2-4,12H,5H2,1H3,(H,16,17). The molecule has 2 amide bonds. The van der Waals surface area contributed by atoms with Crippen LogP contribution in [0.4, 0.5) is 10.5 Å². The van der Waals surface area contributed by atoms with Gasteiger partial charge in [0.15, 0.2) is 0 Å². The zero-order chi connectivity index (χ0) is 12.6. The van der Waals surface area contributed by atoms with Crippen LogP contribution in [0.1, 0.15) is 15.9 Å². The summed E-state index contributed by atoms with van der Waals surface area (Å²) >= 11 is 0. The monoisotopic (exact) mass is 234 g/mol. The maximum absolute atomic E-state index is 11.7. The lowest BCUT2D eigenvalue weighted by molar-refractivity contribution is -0.113. The maximum Gasteiger partial charge on any atom is 0.419 e. The summed E-state index contributed by atoms with van der Waals surface area (Å²) in [5.74, 6) is -1.79. The largest absolute Gasteiger partial charge is 0.464 e. The lowest BCUT2D eigenvalue weighted by Gasteiger charge is -2.10. The highest BCUT2D eigenvalue weighted by molar-refractivity contribution is 6.56. The van der Waals surface area contributed by atoms with E-state index in [1.165, 1.54) is 6.07 Å². The molecule has 0 spiro atoms. The van der Waals surface area contributed by atoms with E-state index in [4.69, 9.17) is 5.11 Å². The predicted molar refractivity (Wildman–Crippen MR) is 59.0 cm³/mol. The smallest absolute Gasteiger partial charge is 0.419 e. The Morgan fingerprint density at radius 2 is 2.12 bits per heavy atom. The molecule has 0 radical (unpaired) electrons. The highest BCUT2D eigenvalue weighted by Gasteiger charge is 2.41. The lowest BCUT2D eigenvalue weighted by atomic mass is 10.0. The average Bonchev–Trinajstić information content (AvgIpc) is 2.53. The van der Waals surface area contributed by atoms with Gasteiger partial charge in [0, 0.05) is 6.54 Å². The topological polar surface area (TPSA) is 86.7 Å². The summed E-state index contributed by atoms with van der Waals surface area (Å²) in [5, 5.41) is 11.8. The van der Waals surface area contributed by atoms with Crippen molar-refractivity contribution in [1.82, 2.24) is 5.32 Å². The fraction of sp³-hybridized carbons (Fsp3) is 0.182. The Kier molecular flexibility index (Phi) is 2.64. The number of nitrogens with one attached hydrogen (secondary N) is 1. The van der Waals surface area contributed by atoms with Gasteiger partial charge in [-0.15, -0.1) is 0 Å². The van der Waals surface area contributed by atoms with Crippen LogP contribution < -0.4 is 10.2 Å². The third-order valence-corrected chi connectivity index (χ3v) is 2.55. The van der Waals surface area contributed by atoms with Gasteiger partial charge in [-0.3, -0.25) is 9.59 Å². The molecule has 0 bridgehead atoms. The third-order valence-electron chi connectivity index (χ3n) is 2.55. The van der Waals surface area contributed by atoms with E-state index in [2.05, 4.69) is 5.32 Å². The van der Waals surface area contributed by atoms with Crippen LogP contribution in [0.25, 0.3) is 0 Å². The van der Waals surface area contributed by atoms with Crippen LogP contribution >= 0.6 is 0 Å². The number of nitrogens with zero attached hydrogens (tertiary/aromatic N) is 1. The van der Waals surface area contributed by atoms with Crippen molar-refractivity contribution in [3.63, 3.8) is 0 Å². The molecule has 0 aliphatic carbocycles.